The number of hydrogen-bond acceptors (Lipinski definition) is 4. The van der Waals surface area contributed by atoms with Gasteiger partial charge >= 0.3 is 0 Å². The predicted molar refractivity (Wildman–Crippen MR) is 128 cm³/mol. The summed E-state index contributed by atoms with van der Waals surface area (Å²) in [6.45, 7) is 1.88. The molecule has 3 aromatic carbocycles. The number of benzene rings is 3. The van der Waals surface area contributed by atoms with Crippen molar-refractivity contribution in [3.63, 3.8) is 0 Å². The molecule has 0 spiro atoms. The molecule has 3 rings (SSSR count). The monoisotopic (exact) mass is 513 g/mol. The highest BCUT2D eigenvalue weighted by atomic mass is 79.9. The number of carbonyl (C=O) groups is 2. The highest BCUT2D eigenvalue weighted by molar-refractivity contribution is 9.10. The van der Waals surface area contributed by atoms with Gasteiger partial charge in [-0.3, -0.25) is 19.7 Å². The van der Waals surface area contributed by atoms with Gasteiger partial charge in [0, 0.05) is 32.9 Å². The minimum atomic E-state index is -0.589. The third-order valence-electron chi connectivity index (χ3n) is 4.39. The van der Waals surface area contributed by atoms with Crippen LogP contribution in [0.5, 0.6) is 0 Å². The van der Waals surface area contributed by atoms with E-state index in [9.17, 15) is 19.7 Å². The van der Waals surface area contributed by atoms with Crippen LogP contribution in [0.2, 0.25) is 5.02 Å². The molecule has 2 amide bonds. The molecule has 162 valence electrons. The number of amides is 2. The lowest BCUT2D eigenvalue weighted by Crippen LogP contribution is -2.30. The number of nitrogens with zero attached hydrogens (tertiary/aromatic N) is 1. The Kier molecular flexibility index (Phi) is 7.40. The molecule has 0 aliphatic heterocycles. The average Bonchev–Trinajstić information content (AvgIpc) is 2.76. The molecule has 0 radical (unpaired) electrons. The van der Waals surface area contributed by atoms with Crippen LogP contribution in [0.1, 0.15) is 21.5 Å². The standard InChI is InChI=1S/C23H17BrClN3O4/c1-14-10-18(8-9-20(14)24)26-23(30)21(12-15-4-2-7-19(11-15)28(31)32)27-22(29)16-5-3-6-17(25)13-16/h2-13H,1H3,(H,26,30)(H,27,29). The Labute approximate surface area is 197 Å². The van der Waals surface area contributed by atoms with Gasteiger partial charge in [-0.05, 0) is 60.5 Å². The SMILES string of the molecule is Cc1cc(NC(=O)C(=Cc2cccc([N+](=O)[O-])c2)NC(=O)c2cccc(Cl)c2)ccc1Br. The van der Waals surface area contributed by atoms with E-state index in [2.05, 4.69) is 26.6 Å². The van der Waals surface area contributed by atoms with Crippen LogP contribution >= 0.6 is 27.5 Å². The normalized spacial score (nSPS) is 11.0. The number of rotatable bonds is 6. The molecule has 0 aromatic heterocycles. The molecule has 0 unspecified atom stereocenters. The van der Waals surface area contributed by atoms with Crippen molar-refractivity contribution in [2.45, 2.75) is 6.92 Å². The lowest BCUT2D eigenvalue weighted by atomic mass is 10.1. The van der Waals surface area contributed by atoms with Gasteiger partial charge in [-0.25, -0.2) is 0 Å². The molecule has 0 bridgehead atoms. The lowest BCUT2D eigenvalue weighted by molar-refractivity contribution is -0.384. The fraction of sp³-hybridized carbons (Fsp3) is 0.0435. The molecule has 0 atom stereocenters. The molecule has 0 heterocycles. The zero-order valence-electron chi connectivity index (χ0n) is 16.8. The van der Waals surface area contributed by atoms with Crippen LogP contribution in [-0.2, 0) is 4.79 Å². The molecular formula is C23H17BrClN3O4. The van der Waals surface area contributed by atoms with E-state index in [1.165, 1.54) is 30.3 Å². The summed E-state index contributed by atoms with van der Waals surface area (Å²) in [5.41, 5.74) is 1.85. The van der Waals surface area contributed by atoms with Crippen LogP contribution in [0.15, 0.2) is 76.9 Å². The number of halogens is 2. The first kappa shape index (κ1) is 23.2. The maximum Gasteiger partial charge on any atom is 0.272 e. The Balaban J connectivity index is 1.95. The Morgan fingerprint density at radius 1 is 1.06 bits per heavy atom. The molecule has 0 saturated carbocycles. The first-order chi connectivity index (χ1) is 15.2. The van der Waals surface area contributed by atoms with Crippen LogP contribution in [0, 0.1) is 17.0 Å². The fourth-order valence-corrected chi connectivity index (χ4v) is 3.24. The fourth-order valence-electron chi connectivity index (χ4n) is 2.80. The molecular weight excluding hydrogens is 498 g/mol. The van der Waals surface area contributed by atoms with Gasteiger partial charge in [0.2, 0.25) is 0 Å². The summed E-state index contributed by atoms with van der Waals surface area (Å²) < 4.78 is 0.886. The van der Waals surface area contributed by atoms with E-state index in [-0.39, 0.29) is 16.9 Å². The smallest absolute Gasteiger partial charge is 0.272 e. The summed E-state index contributed by atoms with van der Waals surface area (Å²) in [5, 5.41) is 16.8. The maximum absolute atomic E-state index is 13.0. The lowest BCUT2D eigenvalue weighted by Gasteiger charge is -2.12. The van der Waals surface area contributed by atoms with Crippen molar-refractivity contribution < 1.29 is 14.5 Å². The summed E-state index contributed by atoms with van der Waals surface area (Å²) in [5.74, 6) is -1.14. The predicted octanol–water partition coefficient (Wildman–Crippen LogP) is 5.73. The van der Waals surface area contributed by atoms with E-state index >= 15 is 0 Å². The Morgan fingerprint density at radius 3 is 2.50 bits per heavy atom. The maximum atomic E-state index is 13.0. The number of aryl methyl sites for hydroxylation is 1. The number of anilines is 1. The molecule has 0 fully saturated rings. The zero-order chi connectivity index (χ0) is 23.3. The van der Waals surface area contributed by atoms with Crippen LogP contribution in [-0.4, -0.2) is 16.7 Å². The van der Waals surface area contributed by atoms with Gasteiger partial charge in [0.1, 0.15) is 5.70 Å². The van der Waals surface area contributed by atoms with Crippen molar-refractivity contribution in [1.82, 2.24) is 5.32 Å². The Hall–Kier alpha value is -3.49. The summed E-state index contributed by atoms with van der Waals surface area (Å²) in [7, 11) is 0. The van der Waals surface area contributed by atoms with Crippen molar-refractivity contribution in [3.05, 3.63) is 109 Å². The molecule has 3 aromatic rings. The summed E-state index contributed by atoms with van der Waals surface area (Å²) in [6, 6.07) is 17.3. The number of hydrogen-bond donors (Lipinski definition) is 2. The van der Waals surface area contributed by atoms with Crippen LogP contribution in [0.25, 0.3) is 6.08 Å². The van der Waals surface area contributed by atoms with Gasteiger partial charge in [-0.1, -0.05) is 45.7 Å². The van der Waals surface area contributed by atoms with E-state index in [1.54, 1.807) is 42.5 Å². The minimum Gasteiger partial charge on any atom is -0.321 e. The number of nitrogens with one attached hydrogen (secondary N) is 2. The average molecular weight is 515 g/mol. The van der Waals surface area contributed by atoms with Crippen LogP contribution < -0.4 is 10.6 Å². The van der Waals surface area contributed by atoms with Gasteiger partial charge in [-0.2, -0.15) is 0 Å². The highest BCUT2D eigenvalue weighted by Crippen LogP contribution is 2.21. The number of carbonyl (C=O) groups excluding carboxylic acids is 2. The van der Waals surface area contributed by atoms with E-state index in [4.69, 9.17) is 11.6 Å². The van der Waals surface area contributed by atoms with Gasteiger partial charge < -0.3 is 10.6 Å². The van der Waals surface area contributed by atoms with Gasteiger partial charge in [0.05, 0.1) is 4.92 Å². The molecule has 2 N–H and O–H groups in total. The van der Waals surface area contributed by atoms with E-state index in [1.807, 2.05) is 6.92 Å². The minimum absolute atomic E-state index is 0.0870. The Bertz CT molecular complexity index is 1240. The summed E-state index contributed by atoms with van der Waals surface area (Å²) in [6.07, 6.45) is 1.37. The molecule has 9 heteroatoms. The van der Waals surface area contributed by atoms with Crippen molar-refractivity contribution in [1.29, 1.82) is 0 Å². The second kappa shape index (κ2) is 10.2. The quantitative estimate of drug-likeness (QED) is 0.249. The van der Waals surface area contributed by atoms with E-state index in [0.29, 0.717) is 16.3 Å². The topological polar surface area (TPSA) is 101 Å². The van der Waals surface area contributed by atoms with Crippen molar-refractivity contribution in [2.75, 3.05) is 5.32 Å². The van der Waals surface area contributed by atoms with Crippen molar-refractivity contribution in [2.24, 2.45) is 0 Å². The second-order valence-corrected chi connectivity index (χ2v) is 8.08. The first-order valence-corrected chi connectivity index (χ1v) is 10.5. The largest absolute Gasteiger partial charge is 0.321 e. The van der Waals surface area contributed by atoms with E-state index < -0.39 is 16.7 Å². The van der Waals surface area contributed by atoms with Gasteiger partial charge in [0.15, 0.2) is 0 Å². The zero-order valence-corrected chi connectivity index (χ0v) is 19.1. The first-order valence-electron chi connectivity index (χ1n) is 9.33. The summed E-state index contributed by atoms with van der Waals surface area (Å²) >= 11 is 9.36. The van der Waals surface area contributed by atoms with Gasteiger partial charge in [0.25, 0.3) is 17.5 Å². The highest BCUT2D eigenvalue weighted by Gasteiger charge is 2.16. The van der Waals surface area contributed by atoms with Crippen molar-refractivity contribution >= 4 is 56.8 Å². The van der Waals surface area contributed by atoms with Crippen molar-refractivity contribution in [3.8, 4) is 0 Å². The van der Waals surface area contributed by atoms with Gasteiger partial charge in [-0.15, -0.1) is 0 Å². The van der Waals surface area contributed by atoms with E-state index in [0.717, 1.165) is 10.0 Å². The third kappa shape index (κ3) is 6.03. The number of nitro groups is 1. The number of non-ortho nitro benzene ring substituents is 1. The second-order valence-electron chi connectivity index (χ2n) is 6.79. The van der Waals surface area contributed by atoms with Crippen LogP contribution in [0.3, 0.4) is 0 Å². The molecule has 7 nitrogen and oxygen atoms in total. The Morgan fingerprint density at radius 2 is 1.81 bits per heavy atom. The molecule has 32 heavy (non-hydrogen) atoms. The number of nitro benzene ring substituents is 1. The molecule has 0 aliphatic carbocycles. The van der Waals surface area contributed by atoms with Crippen LogP contribution in [0.4, 0.5) is 11.4 Å². The molecule has 0 aliphatic rings. The molecule has 0 saturated heterocycles. The third-order valence-corrected chi connectivity index (χ3v) is 5.51. The summed E-state index contributed by atoms with van der Waals surface area (Å²) in [4.78, 5) is 36.3.